The maximum atomic E-state index is 13.2. The first-order valence-electron chi connectivity index (χ1n) is 8.28. The lowest BCUT2D eigenvalue weighted by Crippen LogP contribution is -2.39. The molecule has 1 aliphatic rings. The van der Waals surface area contributed by atoms with Gasteiger partial charge in [-0.05, 0) is 55.9 Å². The van der Waals surface area contributed by atoms with Gasteiger partial charge in [0.25, 0.3) is 5.91 Å². The first-order valence-corrected chi connectivity index (χ1v) is 9.03. The molecule has 2 nitrogen and oxygen atoms in total. The molecule has 0 spiro atoms. The van der Waals surface area contributed by atoms with Crippen LogP contribution >= 0.6 is 23.2 Å². The second-order valence-corrected chi connectivity index (χ2v) is 7.39. The van der Waals surface area contributed by atoms with Crippen LogP contribution in [-0.4, -0.2) is 16.8 Å². The molecule has 1 saturated carbocycles. The largest absolute Gasteiger partial charge is 0.331 e. The van der Waals surface area contributed by atoms with Gasteiger partial charge in [-0.1, -0.05) is 53.5 Å². The van der Waals surface area contributed by atoms with Crippen LogP contribution in [0.25, 0.3) is 0 Å². The fourth-order valence-corrected chi connectivity index (χ4v) is 3.45. The van der Waals surface area contributed by atoms with Gasteiger partial charge in [0.05, 0.1) is 10.6 Å². The van der Waals surface area contributed by atoms with Crippen molar-refractivity contribution in [3.8, 4) is 0 Å². The molecule has 3 rings (SSSR count). The Kier molecular flexibility index (Phi) is 5.17. The second kappa shape index (κ2) is 7.16. The van der Waals surface area contributed by atoms with Crippen molar-refractivity contribution in [1.29, 1.82) is 0 Å². The molecule has 0 saturated heterocycles. The number of carbonyl (C=O) groups excluding carboxylic acids is 1. The van der Waals surface area contributed by atoms with E-state index in [-0.39, 0.29) is 11.9 Å². The van der Waals surface area contributed by atoms with Gasteiger partial charge in [-0.2, -0.15) is 0 Å². The molecule has 2 aromatic carbocycles. The van der Waals surface area contributed by atoms with Crippen LogP contribution in [0, 0.1) is 12.8 Å². The van der Waals surface area contributed by atoms with E-state index in [2.05, 4.69) is 19.1 Å². The molecule has 0 heterocycles. The van der Waals surface area contributed by atoms with Gasteiger partial charge in [-0.25, -0.2) is 0 Å². The average molecular weight is 362 g/mol. The molecule has 0 aliphatic heterocycles. The Balaban J connectivity index is 1.92. The maximum Gasteiger partial charge on any atom is 0.255 e. The van der Waals surface area contributed by atoms with Crippen molar-refractivity contribution >= 4 is 29.1 Å². The Labute approximate surface area is 153 Å². The van der Waals surface area contributed by atoms with Crippen LogP contribution in [-0.2, 0) is 6.54 Å². The van der Waals surface area contributed by atoms with Crippen molar-refractivity contribution in [1.82, 2.24) is 4.90 Å². The highest BCUT2D eigenvalue weighted by atomic mass is 35.5. The van der Waals surface area contributed by atoms with E-state index < -0.39 is 0 Å². The van der Waals surface area contributed by atoms with Gasteiger partial charge in [0, 0.05) is 17.6 Å². The second-order valence-electron chi connectivity index (χ2n) is 6.58. The lowest BCUT2D eigenvalue weighted by molar-refractivity contribution is 0.0654. The molecule has 1 atom stereocenters. The van der Waals surface area contributed by atoms with E-state index in [0.717, 1.165) is 11.1 Å². The molecule has 0 bridgehead atoms. The van der Waals surface area contributed by atoms with Gasteiger partial charge < -0.3 is 4.90 Å². The van der Waals surface area contributed by atoms with Crippen LogP contribution in [0.5, 0.6) is 0 Å². The summed E-state index contributed by atoms with van der Waals surface area (Å²) < 4.78 is 0. The van der Waals surface area contributed by atoms with Crippen LogP contribution in [0.2, 0.25) is 10.0 Å². The first kappa shape index (κ1) is 17.3. The van der Waals surface area contributed by atoms with Gasteiger partial charge in [-0.3, -0.25) is 4.79 Å². The van der Waals surface area contributed by atoms with Crippen molar-refractivity contribution in [2.75, 3.05) is 0 Å². The summed E-state index contributed by atoms with van der Waals surface area (Å²) in [6.07, 6.45) is 2.38. The topological polar surface area (TPSA) is 20.3 Å². The molecule has 126 valence electrons. The quantitative estimate of drug-likeness (QED) is 0.664. The highest BCUT2D eigenvalue weighted by Gasteiger charge is 2.35. The number of nitrogens with zero attached hydrogens (tertiary/aromatic N) is 1. The van der Waals surface area contributed by atoms with Crippen LogP contribution in [0.4, 0.5) is 0 Å². The van der Waals surface area contributed by atoms with Crippen molar-refractivity contribution < 1.29 is 4.79 Å². The molecule has 0 N–H and O–H groups in total. The minimum absolute atomic E-state index is 0.0250. The Hall–Kier alpha value is -1.51. The zero-order chi connectivity index (χ0) is 17.3. The summed E-state index contributed by atoms with van der Waals surface area (Å²) in [5.74, 6) is 0.563. The lowest BCUT2D eigenvalue weighted by atomic mass is 10.1. The molecule has 1 fully saturated rings. The summed E-state index contributed by atoms with van der Waals surface area (Å²) in [6, 6.07) is 13.7. The Morgan fingerprint density at radius 3 is 2.46 bits per heavy atom. The van der Waals surface area contributed by atoms with Crippen molar-refractivity contribution in [3.63, 3.8) is 0 Å². The third-order valence-corrected chi connectivity index (χ3v) is 5.45. The zero-order valence-electron chi connectivity index (χ0n) is 13.9. The number of benzene rings is 2. The molecule has 0 aromatic heterocycles. The monoisotopic (exact) mass is 361 g/mol. The lowest BCUT2D eigenvalue weighted by Gasteiger charge is -2.30. The SMILES string of the molecule is Cc1cc(C(=O)N(Cc2ccccc2)[C@H](C)C2CC2)c(Cl)cc1Cl. The highest BCUT2D eigenvalue weighted by molar-refractivity contribution is 6.37. The Morgan fingerprint density at radius 1 is 1.17 bits per heavy atom. The van der Waals surface area contributed by atoms with Gasteiger partial charge in [0.1, 0.15) is 0 Å². The normalized spacial score (nSPS) is 15.2. The molecule has 0 radical (unpaired) electrons. The molecular weight excluding hydrogens is 341 g/mol. The predicted octanol–water partition coefficient (Wildman–Crippen LogP) is 5.74. The summed E-state index contributed by atoms with van der Waals surface area (Å²) in [7, 11) is 0. The molecule has 1 amide bonds. The number of halogens is 2. The summed E-state index contributed by atoms with van der Waals surface area (Å²) >= 11 is 12.4. The van der Waals surface area contributed by atoms with E-state index in [1.54, 1.807) is 12.1 Å². The van der Waals surface area contributed by atoms with E-state index in [9.17, 15) is 4.79 Å². The highest BCUT2D eigenvalue weighted by Crippen LogP contribution is 2.37. The predicted molar refractivity (Wildman–Crippen MR) is 99.7 cm³/mol. The third kappa shape index (κ3) is 3.76. The Morgan fingerprint density at radius 2 is 1.83 bits per heavy atom. The van der Waals surface area contributed by atoms with E-state index in [1.807, 2.05) is 30.0 Å². The van der Waals surface area contributed by atoms with E-state index >= 15 is 0 Å². The molecule has 4 heteroatoms. The van der Waals surface area contributed by atoms with Gasteiger partial charge in [0.2, 0.25) is 0 Å². The minimum Gasteiger partial charge on any atom is -0.331 e. The standard InChI is InChI=1S/C20H21Cl2NO/c1-13-10-17(19(22)11-18(13)21)20(24)23(14(2)16-8-9-16)12-15-6-4-3-5-7-15/h3-7,10-11,14,16H,8-9,12H2,1-2H3/t14-/m1/s1. The number of rotatable bonds is 5. The number of hydrogen-bond acceptors (Lipinski definition) is 1. The van der Waals surface area contributed by atoms with Crippen LogP contribution in [0.15, 0.2) is 42.5 Å². The van der Waals surface area contributed by atoms with Crippen molar-refractivity contribution in [2.24, 2.45) is 5.92 Å². The van der Waals surface area contributed by atoms with Crippen LogP contribution in [0.3, 0.4) is 0 Å². The number of hydrogen-bond donors (Lipinski definition) is 0. The fourth-order valence-electron chi connectivity index (χ4n) is 2.99. The van der Waals surface area contributed by atoms with Gasteiger partial charge in [-0.15, -0.1) is 0 Å². The number of amides is 1. The molecule has 2 aromatic rings. The van der Waals surface area contributed by atoms with E-state index in [4.69, 9.17) is 23.2 Å². The molecule has 0 unspecified atom stereocenters. The smallest absolute Gasteiger partial charge is 0.255 e. The third-order valence-electron chi connectivity index (χ3n) is 4.73. The minimum atomic E-state index is -0.0250. The summed E-state index contributed by atoms with van der Waals surface area (Å²) in [6.45, 7) is 4.62. The summed E-state index contributed by atoms with van der Waals surface area (Å²) in [4.78, 5) is 15.2. The van der Waals surface area contributed by atoms with Gasteiger partial charge >= 0.3 is 0 Å². The number of carbonyl (C=O) groups is 1. The summed E-state index contributed by atoms with van der Waals surface area (Å²) in [5.41, 5.74) is 2.52. The zero-order valence-corrected chi connectivity index (χ0v) is 15.4. The first-order chi connectivity index (χ1) is 11.5. The van der Waals surface area contributed by atoms with Crippen molar-refractivity contribution in [3.05, 3.63) is 69.2 Å². The molecule has 1 aliphatic carbocycles. The van der Waals surface area contributed by atoms with Crippen molar-refractivity contribution in [2.45, 2.75) is 39.3 Å². The summed E-state index contributed by atoms with van der Waals surface area (Å²) in [5, 5.41) is 0.998. The van der Waals surface area contributed by atoms with Crippen LogP contribution in [0.1, 0.15) is 41.3 Å². The fraction of sp³-hybridized carbons (Fsp3) is 0.350. The van der Waals surface area contributed by atoms with E-state index in [0.29, 0.717) is 28.1 Å². The van der Waals surface area contributed by atoms with Crippen LogP contribution < -0.4 is 0 Å². The van der Waals surface area contributed by atoms with Gasteiger partial charge in [0.15, 0.2) is 0 Å². The van der Waals surface area contributed by atoms with E-state index in [1.165, 1.54) is 12.8 Å². The number of aryl methyl sites for hydroxylation is 1. The maximum absolute atomic E-state index is 13.2. The Bertz CT molecular complexity index is 741. The molecular formula is C20H21Cl2NO. The average Bonchev–Trinajstić information content (AvgIpc) is 3.41. The molecule has 24 heavy (non-hydrogen) atoms.